The van der Waals surface area contributed by atoms with Crippen molar-refractivity contribution in [1.29, 1.82) is 0 Å². The zero-order chi connectivity index (χ0) is 18.0. The first-order valence-electron chi connectivity index (χ1n) is 8.24. The van der Waals surface area contributed by atoms with Crippen molar-refractivity contribution >= 4 is 28.3 Å². The zero-order valence-corrected chi connectivity index (χ0v) is 15.5. The largest absolute Gasteiger partial charge is 0.343 e. The van der Waals surface area contributed by atoms with E-state index in [2.05, 4.69) is 27.6 Å². The van der Waals surface area contributed by atoms with E-state index < -0.39 is 0 Å². The van der Waals surface area contributed by atoms with Gasteiger partial charge in [-0.3, -0.25) is 9.59 Å². The fourth-order valence-corrected chi connectivity index (χ4v) is 4.01. The molecule has 0 saturated carbocycles. The summed E-state index contributed by atoms with van der Waals surface area (Å²) in [7, 11) is 2.07. The lowest BCUT2D eigenvalue weighted by molar-refractivity contribution is -0.115. The Morgan fingerprint density at radius 3 is 2.68 bits per heavy atom. The van der Waals surface area contributed by atoms with Gasteiger partial charge in [-0.15, -0.1) is 11.3 Å². The fraction of sp³-hybridized carbons (Fsp3) is 0.389. The Hall–Kier alpha value is -2.25. The lowest BCUT2D eigenvalue weighted by Crippen LogP contribution is -2.32. The minimum Gasteiger partial charge on any atom is -0.343 e. The van der Waals surface area contributed by atoms with Crippen LogP contribution < -0.4 is 10.6 Å². The van der Waals surface area contributed by atoms with Gasteiger partial charge in [-0.05, 0) is 33.0 Å². The second kappa shape index (κ2) is 7.33. The number of benzene rings is 1. The van der Waals surface area contributed by atoms with Crippen LogP contribution >= 0.6 is 11.3 Å². The predicted molar refractivity (Wildman–Crippen MR) is 99.0 cm³/mol. The summed E-state index contributed by atoms with van der Waals surface area (Å²) in [5.41, 5.74) is 3.68. The van der Waals surface area contributed by atoms with Crippen LogP contribution in [-0.4, -0.2) is 41.8 Å². The van der Waals surface area contributed by atoms with Gasteiger partial charge in [-0.25, -0.2) is 4.98 Å². The Balaban J connectivity index is 1.55. The summed E-state index contributed by atoms with van der Waals surface area (Å²) in [5, 5.41) is 6.04. The van der Waals surface area contributed by atoms with Gasteiger partial charge in [0.2, 0.25) is 5.91 Å². The van der Waals surface area contributed by atoms with Crippen molar-refractivity contribution in [3.63, 3.8) is 0 Å². The molecule has 0 atom stereocenters. The highest BCUT2D eigenvalue weighted by molar-refractivity contribution is 7.15. The van der Waals surface area contributed by atoms with Crippen molar-refractivity contribution in [3.05, 3.63) is 45.5 Å². The summed E-state index contributed by atoms with van der Waals surface area (Å²) in [6.07, 6.45) is 0.904. The number of amides is 2. The van der Waals surface area contributed by atoms with E-state index in [1.54, 1.807) is 0 Å². The van der Waals surface area contributed by atoms with Crippen molar-refractivity contribution in [3.8, 4) is 0 Å². The fourth-order valence-electron chi connectivity index (χ4n) is 2.91. The summed E-state index contributed by atoms with van der Waals surface area (Å²) in [4.78, 5) is 32.2. The molecule has 2 N–H and O–H groups in total. The number of likely N-dealkylation sites (N-methyl/N-ethyl adjacent to an activating group) is 1. The Morgan fingerprint density at radius 2 is 1.96 bits per heavy atom. The third-order valence-corrected chi connectivity index (χ3v) is 5.06. The number of nitrogens with one attached hydrogen (secondary N) is 2. The van der Waals surface area contributed by atoms with E-state index in [4.69, 9.17) is 0 Å². The topological polar surface area (TPSA) is 74.3 Å². The summed E-state index contributed by atoms with van der Waals surface area (Å²) in [5.74, 6) is -0.515. The maximum absolute atomic E-state index is 12.2. The molecule has 7 heteroatoms. The number of aryl methyl sites for hydroxylation is 2. The number of thiazole rings is 1. The number of carbonyl (C=O) groups excluding carboxylic acids is 2. The molecular weight excluding hydrogens is 336 g/mol. The van der Waals surface area contributed by atoms with Gasteiger partial charge < -0.3 is 15.5 Å². The molecule has 0 spiro atoms. The summed E-state index contributed by atoms with van der Waals surface area (Å²) in [6, 6.07) is 5.63. The number of carbonyl (C=O) groups is 2. The van der Waals surface area contributed by atoms with Gasteiger partial charge in [0, 0.05) is 30.0 Å². The Morgan fingerprint density at radius 1 is 1.24 bits per heavy atom. The monoisotopic (exact) mass is 358 g/mol. The highest BCUT2D eigenvalue weighted by Gasteiger charge is 2.19. The van der Waals surface area contributed by atoms with Crippen LogP contribution in [0.25, 0.3) is 0 Å². The van der Waals surface area contributed by atoms with Gasteiger partial charge in [0.15, 0.2) is 5.13 Å². The van der Waals surface area contributed by atoms with Crippen LogP contribution in [0.2, 0.25) is 0 Å². The summed E-state index contributed by atoms with van der Waals surface area (Å²) < 4.78 is 0. The Labute approximate surface area is 151 Å². The number of fused-ring (bicyclic) bond motifs is 1. The normalized spacial score (nSPS) is 14.0. The first-order chi connectivity index (χ1) is 11.9. The van der Waals surface area contributed by atoms with Crippen molar-refractivity contribution < 1.29 is 9.59 Å². The van der Waals surface area contributed by atoms with E-state index in [0.29, 0.717) is 10.7 Å². The number of anilines is 1. The quantitative estimate of drug-likeness (QED) is 0.878. The maximum atomic E-state index is 12.2. The van der Waals surface area contributed by atoms with Crippen molar-refractivity contribution in [2.75, 3.05) is 25.5 Å². The molecule has 0 saturated heterocycles. The first kappa shape index (κ1) is 17.6. The average molecular weight is 358 g/mol. The zero-order valence-electron chi connectivity index (χ0n) is 14.7. The third-order valence-electron chi connectivity index (χ3n) is 4.06. The first-order valence-corrected chi connectivity index (χ1v) is 9.06. The molecule has 0 unspecified atom stereocenters. The predicted octanol–water partition coefficient (Wildman–Crippen LogP) is 2.12. The molecule has 0 bridgehead atoms. The Kier molecular flexibility index (Phi) is 5.15. The van der Waals surface area contributed by atoms with E-state index in [1.165, 1.54) is 16.2 Å². The molecule has 0 fully saturated rings. The molecule has 25 heavy (non-hydrogen) atoms. The van der Waals surface area contributed by atoms with Gasteiger partial charge in [-0.1, -0.05) is 17.2 Å². The summed E-state index contributed by atoms with van der Waals surface area (Å²) in [6.45, 7) is 5.66. The number of rotatable bonds is 4. The molecule has 2 heterocycles. The number of aromatic nitrogens is 1. The van der Waals surface area contributed by atoms with Crippen molar-refractivity contribution in [2.45, 2.75) is 26.8 Å². The van der Waals surface area contributed by atoms with Crippen LogP contribution in [0, 0.1) is 13.8 Å². The smallest absolute Gasteiger partial charge is 0.251 e. The summed E-state index contributed by atoms with van der Waals surface area (Å²) >= 11 is 1.50. The van der Waals surface area contributed by atoms with Gasteiger partial charge in [0.25, 0.3) is 5.91 Å². The van der Waals surface area contributed by atoms with E-state index >= 15 is 0 Å². The van der Waals surface area contributed by atoms with Crippen LogP contribution in [0.5, 0.6) is 0 Å². The standard InChI is InChI=1S/C18H22N4O2S/c1-11-6-12(2)8-13(7-11)17(24)19-9-16(23)21-18-20-14-4-5-22(3)10-15(14)25-18/h6-8H,4-5,9-10H2,1-3H3,(H,19,24)(H,20,21,23). The molecule has 6 nitrogen and oxygen atoms in total. The molecule has 2 amide bonds. The minimum absolute atomic E-state index is 0.0734. The van der Waals surface area contributed by atoms with Crippen LogP contribution in [0.3, 0.4) is 0 Å². The molecule has 0 aliphatic carbocycles. The second-order valence-corrected chi connectivity index (χ2v) is 7.57. The SMILES string of the molecule is Cc1cc(C)cc(C(=O)NCC(=O)Nc2nc3c(s2)CN(C)CC3)c1. The van der Waals surface area contributed by atoms with Gasteiger partial charge in [-0.2, -0.15) is 0 Å². The van der Waals surface area contributed by atoms with Crippen LogP contribution in [0.15, 0.2) is 18.2 Å². The number of hydrogen-bond acceptors (Lipinski definition) is 5. The van der Waals surface area contributed by atoms with Crippen LogP contribution in [-0.2, 0) is 17.8 Å². The maximum Gasteiger partial charge on any atom is 0.251 e. The second-order valence-electron chi connectivity index (χ2n) is 6.48. The highest BCUT2D eigenvalue weighted by Crippen LogP contribution is 2.27. The van der Waals surface area contributed by atoms with E-state index in [0.717, 1.165) is 36.3 Å². The third kappa shape index (κ3) is 4.43. The molecule has 1 aliphatic heterocycles. The molecule has 3 rings (SSSR count). The molecule has 132 valence electrons. The van der Waals surface area contributed by atoms with Crippen molar-refractivity contribution in [2.24, 2.45) is 0 Å². The van der Waals surface area contributed by atoms with Crippen molar-refractivity contribution in [1.82, 2.24) is 15.2 Å². The van der Waals surface area contributed by atoms with Gasteiger partial charge in [0.1, 0.15) is 0 Å². The lowest BCUT2D eigenvalue weighted by atomic mass is 10.1. The highest BCUT2D eigenvalue weighted by atomic mass is 32.1. The average Bonchev–Trinajstić information content (AvgIpc) is 2.92. The number of nitrogens with zero attached hydrogens (tertiary/aromatic N) is 2. The molecule has 1 aromatic heterocycles. The molecule has 1 aliphatic rings. The molecular formula is C18H22N4O2S. The number of hydrogen-bond donors (Lipinski definition) is 2. The molecule has 1 aromatic carbocycles. The van der Waals surface area contributed by atoms with Gasteiger partial charge in [0.05, 0.1) is 12.2 Å². The van der Waals surface area contributed by atoms with E-state index in [1.807, 2.05) is 32.0 Å². The van der Waals surface area contributed by atoms with Crippen LogP contribution in [0.4, 0.5) is 5.13 Å². The lowest BCUT2D eigenvalue weighted by Gasteiger charge is -2.20. The Bertz CT molecular complexity index is 795. The molecule has 0 radical (unpaired) electrons. The van der Waals surface area contributed by atoms with Gasteiger partial charge >= 0.3 is 0 Å². The van der Waals surface area contributed by atoms with E-state index in [9.17, 15) is 9.59 Å². The molecule has 2 aromatic rings. The minimum atomic E-state index is -0.267. The van der Waals surface area contributed by atoms with Crippen LogP contribution in [0.1, 0.15) is 32.1 Å². The van der Waals surface area contributed by atoms with E-state index in [-0.39, 0.29) is 18.4 Å².